The van der Waals surface area contributed by atoms with Crippen LogP contribution in [-0.4, -0.2) is 24.3 Å². The number of aromatic hydroxyl groups is 1. The van der Waals surface area contributed by atoms with Crippen LogP contribution in [0.2, 0.25) is 0 Å². The van der Waals surface area contributed by atoms with Gasteiger partial charge in [0.2, 0.25) is 0 Å². The third kappa shape index (κ3) is 9.51. The number of nitrogens with one attached hydrogen (secondary N) is 1. The van der Waals surface area contributed by atoms with Gasteiger partial charge in [0.05, 0.1) is 0 Å². The topological polar surface area (TPSA) is 49.3 Å². The molecule has 0 bridgehead atoms. The molecule has 0 unspecified atom stereocenters. The van der Waals surface area contributed by atoms with Crippen molar-refractivity contribution in [3.8, 4) is 5.75 Å². The van der Waals surface area contributed by atoms with E-state index in [2.05, 4.69) is 17.9 Å². The van der Waals surface area contributed by atoms with Gasteiger partial charge in [0.25, 0.3) is 5.91 Å². The van der Waals surface area contributed by atoms with Gasteiger partial charge in [-0.2, -0.15) is 12.6 Å². The van der Waals surface area contributed by atoms with Crippen molar-refractivity contribution in [2.24, 2.45) is 0 Å². The summed E-state index contributed by atoms with van der Waals surface area (Å²) in [6.07, 6.45) is 5.69. The first-order valence-corrected chi connectivity index (χ1v) is 6.08. The summed E-state index contributed by atoms with van der Waals surface area (Å²) in [5.41, 5.74) is 0.547. The second-order valence-electron chi connectivity index (χ2n) is 2.79. The van der Waals surface area contributed by atoms with E-state index in [1.165, 1.54) is 12.1 Å². The Bertz CT molecular complexity index is 317. The molecule has 0 radical (unpaired) electrons. The predicted octanol–water partition coefficient (Wildman–Crippen LogP) is 2.88. The maximum absolute atomic E-state index is 10.9. The van der Waals surface area contributed by atoms with E-state index >= 15 is 0 Å². The van der Waals surface area contributed by atoms with Crippen LogP contribution in [0.1, 0.15) is 24.2 Å². The number of carbonyl (C=O) groups is 1. The summed E-state index contributed by atoms with van der Waals surface area (Å²) in [4.78, 5) is 10.9. The molecular weight excluding hydrogens is 234 g/mol. The summed E-state index contributed by atoms with van der Waals surface area (Å²) < 4.78 is 0. The third-order valence-corrected chi connectivity index (χ3v) is 1.69. The molecule has 3 nitrogen and oxygen atoms in total. The van der Waals surface area contributed by atoms with Crippen LogP contribution in [0.5, 0.6) is 5.75 Å². The molecule has 1 amide bonds. The molecule has 1 aromatic carbocycles. The lowest BCUT2D eigenvalue weighted by Crippen LogP contribution is -2.17. The highest BCUT2D eigenvalue weighted by molar-refractivity contribution is 7.79. The first-order chi connectivity index (χ1) is 8.15. The maximum atomic E-state index is 10.9. The molecule has 0 aliphatic carbocycles. The van der Waals surface area contributed by atoms with Crippen LogP contribution in [-0.2, 0) is 0 Å². The quantitative estimate of drug-likeness (QED) is 0.534. The van der Waals surface area contributed by atoms with Gasteiger partial charge >= 0.3 is 0 Å². The number of phenols is 1. The molecule has 0 atom stereocenters. The lowest BCUT2D eigenvalue weighted by atomic mass is 10.2. The first kappa shape index (κ1) is 18.0. The van der Waals surface area contributed by atoms with Crippen LogP contribution in [0.4, 0.5) is 0 Å². The zero-order valence-electron chi connectivity index (χ0n) is 10.8. The number of allylic oxidation sites excluding steroid dienone is 2. The van der Waals surface area contributed by atoms with Gasteiger partial charge in [-0.1, -0.05) is 12.2 Å². The van der Waals surface area contributed by atoms with E-state index in [0.29, 0.717) is 5.56 Å². The molecule has 0 saturated carbocycles. The average Bonchev–Trinajstić information content (AvgIpc) is 2.41. The Hall–Kier alpha value is -1.42. The summed E-state index contributed by atoms with van der Waals surface area (Å²) in [5, 5.41) is 11.4. The Morgan fingerprint density at radius 3 is 1.88 bits per heavy atom. The number of amides is 1. The van der Waals surface area contributed by atoms with Crippen molar-refractivity contribution < 1.29 is 9.90 Å². The van der Waals surface area contributed by atoms with E-state index < -0.39 is 0 Å². The molecule has 0 heterocycles. The van der Waals surface area contributed by atoms with Gasteiger partial charge in [-0.15, -0.1) is 0 Å². The molecule has 0 spiro atoms. The van der Waals surface area contributed by atoms with Crippen LogP contribution in [0, 0.1) is 0 Å². The normalized spacial score (nSPS) is 8.53. The molecule has 0 aliphatic heterocycles. The van der Waals surface area contributed by atoms with Crippen molar-refractivity contribution >= 4 is 18.5 Å². The monoisotopic (exact) mass is 255 g/mol. The van der Waals surface area contributed by atoms with Gasteiger partial charge in [0.15, 0.2) is 0 Å². The van der Waals surface area contributed by atoms with Crippen LogP contribution in [0.3, 0.4) is 0 Å². The number of hydrogen-bond donors (Lipinski definition) is 3. The first-order valence-electron chi connectivity index (χ1n) is 5.18. The molecule has 4 heteroatoms. The van der Waals surface area contributed by atoms with Crippen molar-refractivity contribution in [1.29, 1.82) is 0 Å². The van der Waals surface area contributed by atoms with Gasteiger partial charge in [0.1, 0.15) is 5.75 Å². The molecule has 0 saturated heterocycles. The van der Waals surface area contributed by atoms with Crippen LogP contribution in [0.15, 0.2) is 36.4 Å². The van der Waals surface area contributed by atoms with Crippen LogP contribution in [0.25, 0.3) is 0 Å². The second kappa shape index (κ2) is 12.6. The minimum absolute atomic E-state index is 0.148. The summed E-state index contributed by atoms with van der Waals surface area (Å²) in [7, 11) is 1.56. The lowest BCUT2D eigenvalue weighted by molar-refractivity contribution is 0.0963. The minimum Gasteiger partial charge on any atom is -0.508 e. The Morgan fingerprint density at radius 1 is 1.18 bits per heavy atom. The molecule has 1 aromatic rings. The summed E-state index contributed by atoms with van der Waals surface area (Å²) >= 11 is 3.53. The highest BCUT2D eigenvalue weighted by atomic mass is 32.1. The zero-order valence-corrected chi connectivity index (χ0v) is 11.7. The van der Waals surface area contributed by atoms with E-state index in [9.17, 15) is 4.79 Å². The van der Waals surface area contributed by atoms with E-state index in [1.54, 1.807) is 25.4 Å². The van der Waals surface area contributed by atoms with E-state index in [1.807, 2.05) is 26.0 Å². The molecule has 0 fully saturated rings. The van der Waals surface area contributed by atoms with Gasteiger partial charge in [-0.05, 0) is 44.4 Å². The Labute approximate surface area is 109 Å². The summed E-state index contributed by atoms with van der Waals surface area (Å²) in [6, 6.07) is 6.08. The van der Waals surface area contributed by atoms with E-state index in [-0.39, 0.29) is 11.7 Å². The van der Waals surface area contributed by atoms with Crippen molar-refractivity contribution in [2.75, 3.05) is 13.3 Å². The zero-order chi connectivity index (χ0) is 13.7. The SMILES string of the molecule is C/C=C/C.CNC(=O)c1ccc(O)cc1.CS. The van der Waals surface area contributed by atoms with E-state index in [4.69, 9.17) is 5.11 Å². The molecule has 96 valence electrons. The number of thiol groups is 1. The number of rotatable bonds is 1. The molecular formula is C13H21NO2S. The van der Waals surface area contributed by atoms with Crippen molar-refractivity contribution in [3.63, 3.8) is 0 Å². The molecule has 0 aliphatic rings. The molecule has 0 aromatic heterocycles. The molecule has 2 N–H and O–H groups in total. The Kier molecular flexibility index (Phi) is 13.4. The summed E-state index contributed by atoms with van der Waals surface area (Å²) in [5.74, 6) is 0.0163. The maximum Gasteiger partial charge on any atom is 0.251 e. The Balaban J connectivity index is 0. The predicted molar refractivity (Wildman–Crippen MR) is 76.9 cm³/mol. The van der Waals surface area contributed by atoms with Crippen LogP contribution >= 0.6 is 12.6 Å². The second-order valence-corrected chi connectivity index (χ2v) is 2.79. The van der Waals surface area contributed by atoms with Gasteiger partial charge in [-0.25, -0.2) is 0 Å². The number of phenolic OH excluding ortho intramolecular Hbond substituents is 1. The Morgan fingerprint density at radius 2 is 1.59 bits per heavy atom. The fraction of sp³-hybridized carbons (Fsp3) is 0.308. The number of hydrogen-bond acceptors (Lipinski definition) is 3. The largest absolute Gasteiger partial charge is 0.508 e. The molecule has 17 heavy (non-hydrogen) atoms. The standard InChI is InChI=1S/C8H9NO2.C4H8.CH4S/c1-9-8(11)6-2-4-7(10)5-3-6;1-3-4-2;1-2/h2-5,10H,1H3,(H,9,11);3-4H,1-2H3;2H,1H3/b;4-3+;. The lowest BCUT2D eigenvalue weighted by Gasteiger charge is -1.97. The van der Waals surface area contributed by atoms with Crippen molar-refractivity contribution in [3.05, 3.63) is 42.0 Å². The van der Waals surface area contributed by atoms with E-state index in [0.717, 1.165) is 0 Å². The van der Waals surface area contributed by atoms with Crippen molar-refractivity contribution in [1.82, 2.24) is 5.32 Å². The highest BCUT2D eigenvalue weighted by Crippen LogP contribution is 2.08. The van der Waals surface area contributed by atoms with Gasteiger partial charge < -0.3 is 10.4 Å². The van der Waals surface area contributed by atoms with Gasteiger partial charge in [0, 0.05) is 12.6 Å². The summed E-state index contributed by atoms with van der Waals surface area (Å²) in [6.45, 7) is 4.00. The smallest absolute Gasteiger partial charge is 0.251 e. The molecule has 1 rings (SSSR count). The van der Waals surface area contributed by atoms with Crippen LogP contribution < -0.4 is 5.32 Å². The number of carbonyl (C=O) groups excluding carboxylic acids is 1. The highest BCUT2D eigenvalue weighted by Gasteiger charge is 2.00. The minimum atomic E-state index is -0.148. The fourth-order valence-electron chi connectivity index (χ4n) is 0.757. The fourth-order valence-corrected chi connectivity index (χ4v) is 0.757. The van der Waals surface area contributed by atoms with Gasteiger partial charge in [-0.3, -0.25) is 4.79 Å². The third-order valence-electron chi connectivity index (χ3n) is 1.69. The average molecular weight is 255 g/mol. The number of benzene rings is 1. The van der Waals surface area contributed by atoms with Crippen molar-refractivity contribution in [2.45, 2.75) is 13.8 Å².